The summed E-state index contributed by atoms with van der Waals surface area (Å²) < 4.78 is 18.7. The van der Waals surface area contributed by atoms with Crippen molar-refractivity contribution in [3.63, 3.8) is 0 Å². The van der Waals surface area contributed by atoms with Crippen molar-refractivity contribution in [1.82, 2.24) is 31.1 Å². The van der Waals surface area contributed by atoms with Gasteiger partial charge < -0.3 is 56.1 Å². The molecule has 0 saturated carbocycles. The zero-order chi connectivity index (χ0) is 37.9. The molecule has 0 radical (unpaired) electrons. The van der Waals surface area contributed by atoms with Crippen LogP contribution in [0.25, 0.3) is 0 Å². The highest BCUT2D eigenvalue weighted by Gasteiger charge is 2.65. The molecule has 1 aromatic carbocycles. The van der Waals surface area contributed by atoms with E-state index >= 15 is 0 Å². The van der Waals surface area contributed by atoms with Crippen LogP contribution in [0, 0.1) is 11.3 Å². The second-order valence-corrected chi connectivity index (χ2v) is 14.5. The van der Waals surface area contributed by atoms with Gasteiger partial charge in [-0.3, -0.25) is 24.6 Å². The van der Waals surface area contributed by atoms with Crippen LogP contribution in [-0.4, -0.2) is 122 Å². The molecule has 17 nitrogen and oxygen atoms in total. The number of nitrogens with one attached hydrogen (secondary N) is 5. The van der Waals surface area contributed by atoms with E-state index in [2.05, 4.69) is 39.3 Å². The Labute approximate surface area is 307 Å². The number of methoxy groups -OCH3 is 1. The number of amides is 4. The second-order valence-electron chi connectivity index (χ2n) is 14.5. The van der Waals surface area contributed by atoms with Crippen LogP contribution in [0.1, 0.15) is 62.5 Å². The fraction of sp³-hybridized carbons (Fsp3) is 0.611. The van der Waals surface area contributed by atoms with Crippen molar-refractivity contribution in [2.24, 2.45) is 11.7 Å². The van der Waals surface area contributed by atoms with E-state index in [-0.39, 0.29) is 36.9 Å². The third-order valence-corrected chi connectivity index (χ3v) is 11.4. The molecule has 2 bridgehead atoms. The van der Waals surface area contributed by atoms with Crippen molar-refractivity contribution in [3.8, 4) is 11.5 Å². The minimum Gasteiger partial charge on any atom is -0.493 e. The topological polar surface area (TPSA) is 238 Å². The molecule has 6 rings (SSSR count). The van der Waals surface area contributed by atoms with Crippen LogP contribution in [0.3, 0.4) is 0 Å². The predicted octanol–water partition coefficient (Wildman–Crippen LogP) is 0.304. The number of guanidine groups is 1. The Kier molecular flexibility index (Phi) is 11.3. The summed E-state index contributed by atoms with van der Waals surface area (Å²) in [4.78, 5) is 66.6. The van der Waals surface area contributed by atoms with Crippen LogP contribution < -0.4 is 36.5 Å². The lowest BCUT2D eigenvalue weighted by Crippen LogP contribution is -2.63. The zero-order valence-corrected chi connectivity index (χ0v) is 30.2. The van der Waals surface area contributed by atoms with Gasteiger partial charge >= 0.3 is 12.1 Å². The van der Waals surface area contributed by atoms with E-state index < -0.39 is 54.9 Å². The fourth-order valence-corrected chi connectivity index (χ4v) is 8.94. The van der Waals surface area contributed by atoms with Gasteiger partial charge in [0, 0.05) is 36.7 Å². The minimum absolute atomic E-state index is 0.117. The molecule has 2 fully saturated rings. The number of carbonyl (C=O) groups excluding carboxylic acids is 4. The molecule has 8 N–H and O–H groups in total. The average Bonchev–Trinajstić information content (AvgIpc) is 3.48. The van der Waals surface area contributed by atoms with Crippen LogP contribution in [0.5, 0.6) is 11.5 Å². The largest absolute Gasteiger partial charge is 0.493 e. The number of likely N-dealkylation sites (N-methyl/N-ethyl adjacent to an activating group) is 1. The second kappa shape index (κ2) is 15.9. The van der Waals surface area contributed by atoms with Crippen LogP contribution in [0.4, 0.5) is 4.79 Å². The third kappa shape index (κ3) is 7.70. The average molecular weight is 739 g/mol. The Bertz CT molecular complexity index is 1670. The number of aliphatic carboxylic acids is 1. The maximum Gasteiger partial charge on any atom is 0.415 e. The molecular formula is C36H50N8O9. The summed E-state index contributed by atoms with van der Waals surface area (Å²) in [5.74, 6) is -1.34. The van der Waals surface area contributed by atoms with Crippen LogP contribution in [0.2, 0.25) is 0 Å². The number of benzene rings is 1. The normalized spacial score (nSPS) is 25.8. The Balaban J connectivity index is 1.11. The minimum atomic E-state index is -1.33. The predicted molar refractivity (Wildman–Crippen MR) is 190 cm³/mol. The van der Waals surface area contributed by atoms with Crippen molar-refractivity contribution in [2.45, 2.75) is 87.4 Å². The summed E-state index contributed by atoms with van der Waals surface area (Å²) in [6, 6.07) is 3.08. The van der Waals surface area contributed by atoms with E-state index in [1.165, 1.54) is 11.1 Å². The molecule has 6 atom stereocenters. The summed E-state index contributed by atoms with van der Waals surface area (Å²) in [7, 11) is 3.82. The van der Waals surface area contributed by atoms with Gasteiger partial charge in [0.2, 0.25) is 17.7 Å². The van der Waals surface area contributed by atoms with E-state index in [0.29, 0.717) is 42.9 Å². The molecule has 3 heterocycles. The quantitative estimate of drug-likeness (QED) is 0.0591. The van der Waals surface area contributed by atoms with Crippen LogP contribution in [0.15, 0.2) is 24.0 Å². The summed E-state index contributed by atoms with van der Waals surface area (Å²) >= 11 is 0. The highest BCUT2D eigenvalue weighted by atomic mass is 16.6. The first kappa shape index (κ1) is 37.7. The lowest BCUT2D eigenvalue weighted by atomic mass is 9.53. The number of carbonyl (C=O) groups is 5. The van der Waals surface area contributed by atoms with Gasteiger partial charge in [0.25, 0.3) is 0 Å². The smallest absolute Gasteiger partial charge is 0.415 e. The number of rotatable bonds is 14. The van der Waals surface area contributed by atoms with E-state index in [1.807, 2.05) is 12.1 Å². The molecule has 2 aliphatic carbocycles. The van der Waals surface area contributed by atoms with Crippen molar-refractivity contribution in [2.75, 3.05) is 46.9 Å². The Morgan fingerprint density at radius 3 is 2.70 bits per heavy atom. The van der Waals surface area contributed by atoms with Crippen LogP contribution >= 0.6 is 0 Å². The number of ether oxygens (including phenoxy) is 3. The first-order chi connectivity index (χ1) is 25.4. The third-order valence-electron chi connectivity index (χ3n) is 11.4. The molecule has 2 saturated heterocycles. The molecule has 1 spiro atoms. The molecular weight excluding hydrogens is 688 g/mol. The molecule has 3 aliphatic heterocycles. The number of hydrogen-bond donors (Lipinski definition) is 7. The molecule has 0 unspecified atom stereocenters. The first-order valence-electron chi connectivity index (χ1n) is 18.3. The summed E-state index contributed by atoms with van der Waals surface area (Å²) in [5.41, 5.74) is 7.48. The summed E-state index contributed by atoms with van der Waals surface area (Å²) in [5, 5.41) is 26.5. The first-order valence-corrected chi connectivity index (χ1v) is 18.3. The van der Waals surface area contributed by atoms with Gasteiger partial charge in [0.15, 0.2) is 23.6 Å². The van der Waals surface area contributed by atoms with E-state index in [1.54, 1.807) is 12.0 Å². The van der Waals surface area contributed by atoms with E-state index in [4.69, 9.17) is 30.5 Å². The van der Waals surface area contributed by atoms with Gasteiger partial charge in [-0.15, -0.1) is 0 Å². The number of piperidine rings is 2. The van der Waals surface area contributed by atoms with Crippen molar-refractivity contribution >= 4 is 35.7 Å². The molecule has 53 heavy (non-hydrogen) atoms. The number of carboxylic acids is 1. The Morgan fingerprint density at radius 2 is 1.94 bits per heavy atom. The molecule has 5 aliphatic rings. The number of nitrogens with zero attached hydrogens (tertiary/aromatic N) is 2. The zero-order valence-electron chi connectivity index (χ0n) is 30.2. The van der Waals surface area contributed by atoms with Gasteiger partial charge in [0.05, 0.1) is 19.7 Å². The molecule has 1 aromatic rings. The monoisotopic (exact) mass is 738 g/mol. The van der Waals surface area contributed by atoms with Gasteiger partial charge in [-0.05, 0) is 88.6 Å². The number of allylic oxidation sites excluding steroid dienone is 1. The maximum absolute atomic E-state index is 14.0. The van der Waals surface area contributed by atoms with Gasteiger partial charge in [-0.25, -0.2) is 4.79 Å². The van der Waals surface area contributed by atoms with Crippen molar-refractivity contribution in [1.29, 1.82) is 5.41 Å². The Hall–Kier alpha value is -5.06. The molecule has 288 valence electrons. The van der Waals surface area contributed by atoms with E-state index in [0.717, 1.165) is 44.4 Å². The van der Waals surface area contributed by atoms with Crippen molar-refractivity contribution < 1.29 is 43.3 Å². The van der Waals surface area contributed by atoms with Gasteiger partial charge in [0.1, 0.15) is 18.2 Å². The highest BCUT2D eigenvalue weighted by Crippen LogP contribution is 2.63. The van der Waals surface area contributed by atoms with Gasteiger partial charge in [-0.2, -0.15) is 0 Å². The number of carboxylic acid groups (broad SMARTS) is 1. The lowest BCUT2D eigenvalue weighted by Gasteiger charge is -2.56. The lowest BCUT2D eigenvalue weighted by molar-refractivity contribution is -0.141. The van der Waals surface area contributed by atoms with E-state index in [9.17, 15) is 24.0 Å². The van der Waals surface area contributed by atoms with Crippen LogP contribution in [-0.2, 0) is 35.8 Å². The SMILES string of the molecule is COc1ccc2c3c1O[C@H]1C(OC(=O)N4CCCC[C@@H]4CNC(=O)[C@H](CCCNC(=N)N)NC(=O)CNC(=O)CC(=O)O)=CC[C@H]4[C@@H](C2)N(C)CC[C@]314. The van der Waals surface area contributed by atoms with Gasteiger partial charge in [-0.1, -0.05) is 6.07 Å². The maximum atomic E-state index is 14.0. The fourth-order valence-electron chi connectivity index (χ4n) is 8.94. The molecule has 0 aromatic heterocycles. The summed E-state index contributed by atoms with van der Waals surface area (Å²) in [6.07, 6.45) is 5.62. The number of nitrogens with two attached hydrogens (primary N) is 1. The number of likely N-dealkylation sites (tertiary alicyclic amines) is 2. The highest BCUT2D eigenvalue weighted by molar-refractivity contribution is 5.95. The molecule has 4 amide bonds. The summed E-state index contributed by atoms with van der Waals surface area (Å²) in [6.45, 7) is 1.24. The van der Waals surface area contributed by atoms with Crippen molar-refractivity contribution in [3.05, 3.63) is 35.1 Å². The molecule has 17 heteroatoms. The Morgan fingerprint density at radius 1 is 1.13 bits per heavy atom. The number of hydrogen-bond acceptors (Lipinski definition) is 10. The standard InChI is InChI=1S/C36H50N8O9/c1-43-15-12-36-22-9-11-26(32(36)53-31-25(51-2)10-8-20(30(31)36)16-24(22)43)52-35(50)44-14-4-3-6-21(44)18-41-33(49)23(7-5-13-39-34(37)38)42-28(46)19-40-27(45)17-29(47)48/h8,10-11,21-24,32H,3-7,9,12-19H2,1-2H3,(H,40,45)(H,41,49)(H,42,46)(H,47,48)(H4,37,38,39)/t21-,22+,23+,24-,32+,36+/m1/s1.